The second kappa shape index (κ2) is 5.92. The number of hydrogen-bond donors (Lipinski definition) is 2. The van der Waals surface area contributed by atoms with E-state index in [9.17, 15) is 24.6 Å². The molecule has 0 radical (unpaired) electrons. The molecule has 0 aromatic rings. The summed E-state index contributed by atoms with van der Waals surface area (Å²) in [4.78, 5) is 36.8. The molecule has 0 spiro atoms. The highest BCUT2D eigenvalue weighted by atomic mass is 19.1. The van der Waals surface area contributed by atoms with Crippen LogP contribution in [0, 0.1) is 34.5 Å². The fraction of sp³-hybridized carbons (Fsp3) is 0.682. The molecule has 0 amide bonds. The van der Waals surface area contributed by atoms with E-state index in [2.05, 4.69) is 0 Å². The molecule has 0 heterocycles. The lowest BCUT2D eigenvalue weighted by Crippen LogP contribution is -2.59. The molecule has 0 bridgehead atoms. The van der Waals surface area contributed by atoms with Crippen molar-refractivity contribution in [1.82, 2.24) is 0 Å². The molecule has 4 aliphatic carbocycles. The first-order chi connectivity index (χ1) is 13.0. The molecule has 2 N–H and O–H groups in total. The van der Waals surface area contributed by atoms with Gasteiger partial charge < -0.3 is 10.2 Å². The Kier molecular flexibility index (Phi) is 4.16. The molecule has 152 valence electrons. The van der Waals surface area contributed by atoms with Gasteiger partial charge in [-0.3, -0.25) is 14.4 Å². The summed E-state index contributed by atoms with van der Waals surface area (Å²) < 4.78 is 15.2. The predicted molar refractivity (Wildman–Crippen MR) is 98.6 cm³/mol. The minimum Gasteiger partial charge on any atom is -0.388 e. The summed E-state index contributed by atoms with van der Waals surface area (Å²) in [6.07, 6.45) is 4.68. The Balaban J connectivity index is 1.82. The second-order valence-electron chi connectivity index (χ2n) is 9.53. The van der Waals surface area contributed by atoms with Gasteiger partial charge in [0.15, 0.2) is 5.78 Å². The van der Waals surface area contributed by atoms with Crippen LogP contribution >= 0.6 is 0 Å². The van der Waals surface area contributed by atoms with E-state index in [1.54, 1.807) is 13.0 Å². The molecule has 2 fully saturated rings. The molecule has 0 aromatic heterocycles. The Hall–Kier alpha value is -1.66. The van der Waals surface area contributed by atoms with Gasteiger partial charge in [-0.2, -0.15) is 0 Å². The first-order valence-corrected chi connectivity index (χ1v) is 10.1. The van der Waals surface area contributed by atoms with Crippen molar-refractivity contribution in [1.29, 1.82) is 0 Å². The first-order valence-electron chi connectivity index (χ1n) is 10.1. The minimum atomic E-state index is -1.61. The van der Waals surface area contributed by atoms with Gasteiger partial charge in [-0.15, -0.1) is 0 Å². The van der Waals surface area contributed by atoms with Crippen LogP contribution in [0.1, 0.15) is 46.5 Å². The van der Waals surface area contributed by atoms with Crippen molar-refractivity contribution in [2.75, 3.05) is 6.61 Å². The Morgan fingerprint density at radius 3 is 2.50 bits per heavy atom. The molecule has 28 heavy (non-hydrogen) atoms. The van der Waals surface area contributed by atoms with Gasteiger partial charge in [0, 0.05) is 16.7 Å². The third-order valence-corrected chi connectivity index (χ3v) is 8.85. The number of ketones is 3. The fourth-order valence-corrected chi connectivity index (χ4v) is 6.92. The van der Waals surface area contributed by atoms with Gasteiger partial charge in [-0.1, -0.05) is 20.8 Å². The molecular formula is C22H27FO5. The van der Waals surface area contributed by atoms with Gasteiger partial charge in [0.25, 0.3) is 0 Å². The first kappa shape index (κ1) is 19.6. The highest BCUT2D eigenvalue weighted by Crippen LogP contribution is 2.67. The van der Waals surface area contributed by atoms with Gasteiger partial charge in [-0.05, 0) is 61.2 Å². The number of aliphatic hydroxyl groups excluding tert-OH is 1. The van der Waals surface area contributed by atoms with Crippen LogP contribution in [-0.2, 0) is 14.4 Å². The molecule has 0 aromatic carbocycles. The molecule has 0 aliphatic heterocycles. The van der Waals surface area contributed by atoms with E-state index < -0.39 is 52.1 Å². The molecule has 4 aliphatic rings. The van der Waals surface area contributed by atoms with Crippen molar-refractivity contribution in [3.05, 3.63) is 23.6 Å². The fourth-order valence-electron chi connectivity index (χ4n) is 6.92. The van der Waals surface area contributed by atoms with Crippen molar-refractivity contribution < 1.29 is 29.0 Å². The summed E-state index contributed by atoms with van der Waals surface area (Å²) >= 11 is 0. The lowest BCUT2D eigenvalue weighted by atomic mass is 9.46. The van der Waals surface area contributed by atoms with Crippen molar-refractivity contribution >= 4 is 17.3 Å². The Morgan fingerprint density at radius 2 is 1.86 bits per heavy atom. The summed E-state index contributed by atoms with van der Waals surface area (Å²) in [5, 5.41) is 20.5. The maximum absolute atomic E-state index is 15.2. The van der Waals surface area contributed by atoms with Crippen molar-refractivity contribution in [2.24, 2.45) is 34.5 Å². The lowest BCUT2D eigenvalue weighted by Gasteiger charge is -2.58. The minimum absolute atomic E-state index is 0.0463. The molecule has 7 atom stereocenters. The molecule has 4 rings (SSSR count). The molecular weight excluding hydrogens is 363 g/mol. The monoisotopic (exact) mass is 390 g/mol. The van der Waals surface area contributed by atoms with E-state index in [0.717, 1.165) is 0 Å². The Morgan fingerprint density at radius 1 is 1.21 bits per heavy atom. The van der Waals surface area contributed by atoms with E-state index in [1.165, 1.54) is 6.08 Å². The summed E-state index contributed by atoms with van der Waals surface area (Å²) in [6, 6.07) is 0. The number of carbonyl (C=O) groups excluding carboxylic acids is 3. The lowest BCUT2D eigenvalue weighted by molar-refractivity contribution is -0.163. The summed E-state index contributed by atoms with van der Waals surface area (Å²) in [5.74, 6) is -3.19. The number of allylic oxidation sites excluding steroid dienone is 4. The SMILES string of the molecule is CC1C(=O)C(=O)C=C2C(F)=C[C@H]3[C@@H]4CC[C@](O)(C(=O)CO)[C@@]4(C)CC[C@@H]3[C@]21C. The highest BCUT2D eigenvalue weighted by molar-refractivity contribution is 6.43. The largest absolute Gasteiger partial charge is 0.388 e. The normalized spacial score (nSPS) is 47.6. The van der Waals surface area contributed by atoms with Crippen LogP contribution in [-0.4, -0.2) is 39.8 Å². The van der Waals surface area contributed by atoms with E-state index in [-0.39, 0.29) is 24.2 Å². The maximum Gasteiger partial charge on any atom is 0.222 e. The summed E-state index contributed by atoms with van der Waals surface area (Å²) in [5.41, 5.74) is -2.82. The van der Waals surface area contributed by atoms with Gasteiger partial charge in [0.1, 0.15) is 18.0 Å². The molecule has 6 heteroatoms. The second-order valence-corrected chi connectivity index (χ2v) is 9.53. The quantitative estimate of drug-likeness (QED) is 0.706. The Labute approximate surface area is 163 Å². The van der Waals surface area contributed by atoms with Crippen LogP contribution in [0.3, 0.4) is 0 Å². The summed E-state index contributed by atoms with van der Waals surface area (Å²) in [7, 11) is 0. The number of carbonyl (C=O) groups is 3. The van der Waals surface area contributed by atoms with Crippen molar-refractivity contribution in [3.63, 3.8) is 0 Å². The number of aliphatic hydroxyl groups is 2. The van der Waals surface area contributed by atoms with Gasteiger partial charge in [0.2, 0.25) is 11.6 Å². The molecule has 5 nitrogen and oxygen atoms in total. The van der Waals surface area contributed by atoms with E-state index in [4.69, 9.17) is 0 Å². The number of rotatable bonds is 2. The zero-order valence-corrected chi connectivity index (χ0v) is 16.5. The third-order valence-electron chi connectivity index (χ3n) is 8.85. The van der Waals surface area contributed by atoms with E-state index >= 15 is 4.39 Å². The van der Waals surface area contributed by atoms with Crippen LogP contribution in [0.15, 0.2) is 23.6 Å². The topological polar surface area (TPSA) is 91.7 Å². The number of Topliss-reactive ketones (excluding diaryl/α,β-unsaturated/α-hetero) is 2. The molecule has 1 unspecified atom stereocenters. The third kappa shape index (κ3) is 2.11. The van der Waals surface area contributed by atoms with Crippen LogP contribution in [0.4, 0.5) is 4.39 Å². The van der Waals surface area contributed by atoms with Gasteiger partial charge >= 0.3 is 0 Å². The predicted octanol–water partition coefficient (Wildman–Crippen LogP) is 2.31. The van der Waals surface area contributed by atoms with Gasteiger partial charge in [-0.25, -0.2) is 4.39 Å². The van der Waals surface area contributed by atoms with Crippen molar-refractivity contribution in [2.45, 2.75) is 52.1 Å². The average molecular weight is 390 g/mol. The van der Waals surface area contributed by atoms with Crippen LogP contribution < -0.4 is 0 Å². The summed E-state index contributed by atoms with van der Waals surface area (Å²) in [6.45, 7) is 4.74. The van der Waals surface area contributed by atoms with Gasteiger partial charge in [0.05, 0.1) is 0 Å². The van der Waals surface area contributed by atoms with Crippen LogP contribution in [0.5, 0.6) is 0 Å². The Bertz CT molecular complexity index is 844. The smallest absolute Gasteiger partial charge is 0.222 e. The van der Waals surface area contributed by atoms with E-state index in [0.29, 0.717) is 24.8 Å². The molecule has 2 saturated carbocycles. The number of halogens is 1. The van der Waals surface area contributed by atoms with Crippen LogP contribution in [0.2, 0.25) is 0 Å². The highest BCUT2D eigenvalue weighted by Gasteiger charge is 2.67. The zero-order chi connectivity index (χ0) is 20.6. The zero-order valence-electron chi connectivity index (χ0n) is 16.5. The van der Waals surface area contributed by atoms with E-state index in [1.807, 2.05) is 13.8 Å². The maximum atomic E-state index is 15.2. The van der Waals surface area contributed by atoms with Crippen molar-refractivity contribution in [3.8, 4) is 0 Å². The van der Waals surface area contributed by atoms with Crippen LogP contribution in [0.25, 0.3) is 0 Å². The average Bonchev–Trinajstić information content (AvgIpc) is 2.94. The molecule has 0 saturated heterocycles. The number of hydrogen-bond acceptors (Lipinski definition) is 5. The number of fused-ring (bicyclic) bond motifs is 5. The standard InChI is InChI=1S/C22H27FO5/c1-11-19(27)17(25)9-15-16(23)8-12-13-5-7-22(28,18(26)10-24)20(13,2)6-4-14(12)21(11,15)3/h8-9,11-14,24,28H,4-7,10H2,1-3H3/t11?,12-,13-,14-,20-,21+,22-/m0/s1.